The van der Waals surface area contributed by atoms with Gasteiger partial charge in [-0.25, -0.2) is 24.3 Å². The average molecular weight is 538 g/mol. The standard InChI is InChI=1S/C26H35N9O4/c1-6-38-26-19(15-30-35(26)11-10-33(3)4)18-14-28-23(13-21(18)39-17(2)8-12-36)31-22-7-9-27-24(32-22)20-16-29-34(5)25(20)37/h7,9,13-17,36-37H,6,8,10-12H2,1-5H3,(H,27,28,31,32)/t17-/m0/s1. The number of hydrogen-bond acceptors (Lipinski definition) is 11. The van der Waals surface area contributed by atoms with Gasteiger partial charge >= 0.3 is 0 Å². The van der Waals surface area contributed by atoms with Gasteiger partial charge in [-0.3, -0.25) is 0 Å². The molecular weight excluding hydrogens is 502 g/mol. The van der Waals surface area contributed by atoms with Gasteiger partial charge in [0.05, 0.1) is 37.2 Å². The topological polar surface area (TPSA) is 149 Å². The lowest BCUT2D eigenvalue weighted by molar-refractivity contribution is 0.169. The zero-order valence-corrected chi connectivity index (χ0v) is 22.9. The van der Waals surface area contributed by atoms with Gasteiger partial charge in [0.2, 0.25) is 11.8 Å². The number of anilines is 2. The number of likely N-dealkylation sites (N-methyl/N-ethyl adjacent to an activating group) is 1. The second-order valence-electron chi connectivity index (χ2n) is 9.23. The minimum atomic E-state index is -0.248. The molecule has 0 amide bonds. The van der Waals surface area contributed by atoms with Crippen LogP contribution in [0.25, 0.3) is 22.5 Å². The first-order valence-corrected chi connectivity index (χ1v) is 12.7. The molecule has 0 bridgehead atoms. The van der Waals surface area contributed by atoms with E-state index in [1.54, 1.807) is 37.8 Å². The van der Waals surface area contributed by atoms with E-state index in [1.165, 1.54) is 10.9 Å². The number of pyridine rings is 1. The summed E-state index contributed by atoms with van der Waals surface area (Å²) in [6, 6.07) is 3.48. The number of nitrogens with one attached hydrogen (secondary N) is 1. The van der Waals surface area contributed by atoms with Crippen molar-refractivity contribution in [2.75, 3.05) is 39.2 Å². The summed E-state index contributed by atoms with van der Waals surface area (Å²) in [6.07, 6.45) is 6.77. The number of aromatic nitrogens is 7. The Morgan fingerprint density at radius 2 is 1.87 bits per heavy atom. The molecule has 0 spiro atoms. The highest BCUT2D eigenvalue weighted by molar-refractivity contribution is 5.75. The Bertz CT molecular complexity index is 1390. The quantitative estimate of drug-likeness (QED) is 0.231. The van der Waals surface area contributed by atoms with Crippen molar-refractivity contribution in [3.8, 4) is 40.0 Å². The van der Waals surface area contributed by atoms with Crippen molar-refractivity contribution in [3.05, 3.63) is 36.9 Å². The van der Waals surface area contributed by atoms with Gasteiger partial charge in [-0.05, 0) is 34.0 Å². The Morgan fingerprint density at radius 1 is 1.08 bits per heavy atom. The van der Waals surface area contributed by atoms with Gasteiger partial charge in [0.25, 0.3) is 0 Å². The summed E-state index contributed by atoms with van der Waals surface area (Å²) in [5, 5.41) is 31.4. The molecule has 0 radical (unpaired) electrons. The molecule has 39 heavy (non-hydrogen) atoms. The number of rotatable bonds is 13. The lowest BCUT2D eigenvalue weighted by Gasteiger charge is -2.18. The fourth-order valence-corrected chi connectivity index (χ4v) is 3.84. The Morgan fingerprint density at radius 3 is 2.56 bits per heavy atom. The molecule has 0 aliphatic carbocycles. The van der Waals surface area contributed by atoms with E-state index in [0.717, 1.165) is 12.1 Å². The molecule has 13 nitrogen and oxygen atoms in total. The molecular formula is C26H35N9O4. The molecule has 4 aromatic rings. The number of aryl methyl sites for hydroxylation is 1. The highest BCUT2D eigenvalue weighted by atomic mass is 16.5. The Balaban J connectivity index is 1.68. The van der Waals surface area contributed by atoms with Crippen molar-refractivity contribution in [1.82, 2.24) is 39.4 Å². The average Bonchev–Trinajstić information content (AvgIpc) is 3.46. The smallest absolute Gasteiger partial charge is 0.220 e. The summed E-state index contributed by atoms with van der Waals surface area (Å²) in [6.45, 7) is 5.78. The van der Waals surface area contributed by atoms with Gasteiger partial charge in [-0.2, -0.15) is 10.2 Å². The molecule has 4 aromatic heterocycles. The van der Waals surface area contributed by atoms with Crippen LogP contribution in [0.4, 0.5) is 11.6 Å². The SMILES string of the molecule is CCOc1c(-c2cnc(Nc3ccnc(-c4cnn(C)c4O)n3)cc2O[C@@H](C)CCO)cnn1CCN(C)C. The van der Waals surface area contributed by atoms with E-state index in [-0.39, 0.29) is 18.6 Å². The van der Waals surface area contributed by atoms with Crippen molar-refractivity contribution in [3.63, 3.8) is 0 Å². The summed E-state index contributed by atoms with van der Waals surface area (Å²) in [4.78, 5) is 15.4. The molecule has 13 heteroatoms. The molecule has 0 aliphatic heterocycles. The van der Waals surface area contributed by atoms with Crippen LogP contribution in [0.3, 0.4) is 0 Å². The maximum Gasteiger partial charge on any atom is 0.220 e. The summed E-state index contributed by atoms with van der Waals surface area (Å²) in [7, 11) is 5.65. The molecule has 0 saturated heterocycles. The van der Waals surface area contributed by atoms with E-state index in [4.69, 9.17) is 9.47 Å². The van der Waals surface area contributed by atoms with Gasteiger partial charge in [0, 0.05) is 50.6 Å². The largest absolute Gasteiger partial charge is 0.493 e. The van der Waals surface area contributed by atoms with Gasteiger partial charge in [-0.15, -0.1) is 0 Å². The van der Waals surface area contributed by atoms with E-state index >= 15 is 0 Å². The molecule has 4 rings (SSSR count). The number of ether oxygens (including phenoxy) is 2. The van der Waals surface area contributed by atoms with E-state index in [2.05, 4.69) is 35.4 Å². The number of aliphatic hydroxyl groups is 1. The molecule has 3 N–H and O–H groups in total. The van der Waals surface area contributed by atoms with Crippen LogP contribution in [0, 0.1) is 0 Å². The van der Waals surface area contributed by atoms with Crippen LogP contribution < -0.4 is 14.8 Å². The third kappa shape index (κ3) is 6.62. The molecule has 0 unspecified atom stereocenters. The molecule has 0 aliphatic rings. The number of aliphatic hydroxyl groups excluding tert-OH is 1. The van der Waals surface area contributed by atoms with Crippen molar-refractivity contribution < 1.29 is 19.7 Å². The number of aromatic hydroxyl groups is 1. The van der Waals surface area contributed by atoms with Crippen LogP contribution in [0.2, 0.25) is 0 Å². The van der Waals surface area contributed by atoms with E-state index in [9.17, 15) is 10.2 Å². The summed E-state index contributed by atoms with van der Waals surface area (Å²) in [5.41, 5.74) is 1.90. The first kappa shape index (κ1) is 27.8. The maximum atomic E-state index is 10.2. The summed E-state index contributed by atoms with van der Waals surface area (Å²) >= 11 is 0. The first-order valence-electron chi connectivity index (χ1n) is 12.7. The van der Waals surface area contributed by atoms with Crippen LogP contribution in [0.1, 0.15) is 20.3 Å². The van der Waals surface area contributed by atoms with Crippen molar-refractivity contribution in [1.29, 1.82) is 0 Å². The molecule has 4 heterocycles. The highest BCUT2D eigenvalue weighted by Crippen LogP contribution is 2.38. The fraction of sp³-hybridized carbons (Fsp3) is 0.423. The fourth-order valence-electron chi connectivity index (χ4n) is 3.84. The van der Waals surface area contributed by atoms with E-state index in [1.807, 2.05) is 32.6 Å². The van der Waals surface area contributed by atoms with Crippen LogP contribution in [0.15, 0.2) is 36.9 Å². The second kappa shape index (κ2) is 12.5. The predicted octanol–water partition coefficient (Wildman–Crippen LogP) is 2.69. The highest BCUT2D eigenvalue weighted by Gasteiger charge is 2.21. The monoisotopic (exact) mass is 537 g/mol. The van der Waals surface area contributed by atoms with Crippen LogP contribution in [-0.2, 0) is 13.6 Å². The van der Waals surface area contributed by atoms with Crippen molar-refractivity contribution >= 4 is 11.6 Å². The van der Waals surface area contributed by atoms with Gasteiger partial charge < -0.3 is 29.9 Å². The number of nitrogens with zero attached hydrogens (tertiary/aromatic N) is 8. The van der Waals surface area contributed by atoms with Crippen LogP contribution in [0.5, 0.6) is 17.5 Å². The lowest BCUT2D eigenvalue weighted by Crippen LogP contribution is -2.19. The lowest BCUT2D eigenvalue weighted by atomic mass is 10.1. The molecule has 208 valence electrons. The minimum absolute atomic E-state index is 0.00422. The molecule has 1 atom stereocenters. The van der Waals surface area contributed by atoms with Crippen LogP contribution >= 0.6 is 0 Å². The minimum Gasteiger partial charge on any atom is -0.493 e. The Kier molecular flexibility index (Phi) is 8.94. The van der Waals surface area contributed by atoms with Gasteiger partial charge in [-0.1, -0.05) is 0 Å². The van der Waals surface area contributed by atoms with E-state index < -0.39 is 0 Å². The third-order valence-electron chi connectivity index (χ3n) is 5.91. The normalized spacial score (nSPS) is 12.1. The number of hydrogen-bond donors (Lipinski definition) is 3. The summed E-state index contributed by atoms with van der Waals surface area (Å²) in [5.74, 6) is 2.45. The Hall–Kier alpha value is -4.23. The summed E-state index contributed by atoms with van der Waals surface area (Å²) < 4.78 is 15.4. The first-order chi connectivity index (χ1) is 18.8. The van der Waals surface area contributed by atoms with Gasteiger partial charge in [0.1, 0.15) is 22.9 Å². The second-order valence-corrected chi connectivity index (χ2v) is 9.23. The molecule has 0 aromatic carbocycles. The Labute approximate surface area is 227 Å². The van der Waals surface area contributed by atoms with Crippen molar-refractivity contribution in [2.24, 2.45) is 7.05 Å². The van der Waals surface area contributed by atoms with Gasteiger partial charge in [0.15, 0.2) is 5.82 Å². The molecule has 0 fully saturated rings. The molecule has 0 saturated carbocycles. The van der Waals surface area contributed by atoms with Crippen molar-refractivity contribution in [2.45, 2.75) is 32.9 Å². The zero-order chi connectivity index (χ0) is 27.9. The maximum absolute atomic E-state index is 10.2. The van der Waals surface area contributed by atoms with E-state index in [0.29, 0.717) is 59.8 Å². The third-order valence-corrected chi connectivity index (χ3v) is 5.91. The predicted molar refractivity (Wildman–Crippen MR) is 146 cm³/mol. The zero-order valence-electron chi connectivity index (χ0n) is 22.9. The van der Waals surface area contributed by atoms with Crippen LogP contribution in [-0.4, -0.2) is 89.6 Å².